The van der Waals surface area contributed by atoms with Crippen LogP contribution in [0.4, 0.5) is 0 Å². The molecular weight excluding hydrogens is 284 g/mol. The summed E-state index contributed by atoms with van der Waals surface area (Å²) in [6, 6.07) is 0. The topological polar surface area (TPSA) is 54.2 Å². The average molecular weight is 301 g/mol. The van der Waals surface area contributed by atoms with Crippen molar-refractivity contribution in [2.75, 3.05) is 20.6 Å². The van der Waals surface area contributed by atoms with E-state index in [0.717, 1.165) is 17.1 Å². The van der Waals surface area contributed by atoms with E-state index in [-0.39, 0.29) is 0 Å². The lowest BCUT2D eigenvalue weighted by Crippen LogP contribution is -2.21. The zero-order valence-electron chi connectivity index (χ0n) is 11.2. The van der Waals surface area contributed by atoms with Crippen LogP contribution in [-0.4, -0.2) is 45.4 Å². The third-order valence-electron chi connectivity index (χ3n) is 2.88. The van der Waals surface area contributed by atoms with Crippen LogP contribution in [0.1, 0.15) is 22.4 Å². The Labute approximate surface area is 121 Å². The first kappa shape index (κ1) is 14.5. The lowest BCUT2D eigenvalue weighted by atomic mass is 10.2. The smallest absolute Gasteiger partial charge is 0.133 e. The molecule has 0 aliphatic heterocycles. The molecule has 2 aromatic heterocycles. The van der Waals surface area contributed by atoms with Crippen LogP contribution >= 0.6 is 22.9 Å². The molecule has 0 saturated carbocycles. The number of thiazole rings is 1. The van der Waals surface area contributed by atoms with Gasteiger partial charge in [-0.1, -0.05) is 11.6 Å². The lowest BCUT2D eigenvalue weighted by molar-refractivity contribution is 0.208. The highest BCUT2D eigenvalue weighted by molar-refractivity contribution is 7.09. The lowest BCUT2D eigenvalue weighted by Gasteiger charge is -2.15. The SMILES string of the molecule is Cc1ncsc1C(O)c1c(Cl)cnn1CCN(C)C. The molecule has 2 aromatic rings. The Morgan fingerprint density at radius 1 is 1.53 bits per heavy atom. The molecule has 0 fully saturated rings. The number of hydrogen-bond acceptors (Lipinski definition) is 5. The van der Waals surface area contributed by atoms with Crippen LogP contribution in [0.5, 0.6) is 0 Å². The third-order valence-corrected chi connectivity index (χ3v) is 4.16. The molecule has 19 heavy (non-hydrogen) atoms. The van der Waals surface area contributed by atoms with E-state index < -0.39 is 6.10 Å². The Bertz CT molecular complexity index is 552. The molecule has 0 aliphatic carbocycles. The highest BCUT2D eigenvalue weighted by atomic mass is 35.5. The first-order chi connectivity index (χ1) is 9.00. The molecule has 0 amide bonds. The van der Waals surface area contributed by atoms with Gasteiger partial charge in [0.1, 0.15) is 6.10 Å². The molecule has 1 atom stereocenters. The molecule has 2 rings (SSSR count). The van der Waals surface area contributed by atoms with Crippen molar-refractivity contribution >= 4 is 22.9 Å². The van der Waals surface area contributed by atoms with E-state index in [4.69, 9.17) is 11.6 Å². The second-order valence-electron chi connectivity index (χ2n) is 4.61. The molecule has 0 saturated heterocycles. The number of halogens is 1. The summed E-state index contributed by atoms with van der Waals surface area (Å²) in [4.78, 5) is 7.03. The van der Waals surface area contributed by atoms with Gasteiger partial charge in [-0.2, -0.15) is 5.10 Å². The maximum Gasteiger partial charge on any atom is 0.133 e. The molecule has 0 aliphatic rings. The van der Waals surface area contributed by atoms with Gasteiger partial charge in [0, 0.05) is 6.54 Å². The normalized spacial score (nSPS) is 13.2. The Kier molecular flexibility index (Phi) is 4.57. The largest absolute Gasteiger partial charge is 0.381 e. The monoisotopic (exact) mass is 300 g/mol. The first-order valence-electron chi connectivity index (χ1n) is 5.94. The summed E-state index contributed by atoms with van der Waals surface area (Å²) in [5.74, 6) is 0. The molecule has 0 aromatic carbocycles. The van der Waals surface area contributed by atoms with Gasteiger partial charge in [-0.25, -0.2) is 4.98 Å². The summed E-state index contributed by atoms with van der Waals surface area (Å²) in [6.45, 7) is 3.40. The number of likely N-dealkylation sites (N-methyl/N-ethyl adjacent to an activating group) is 1. The van der Waals surface area contributed by atoms with Gasteiger partial charge in [0.05, 0.1) is 39.5 Å². The summed E-state index contributed by atoms with van der Waals surface area (Å²) >= 11 is 7.58. The molecule has 0 bridgehead atoms. The Morgan fingerprint density at radius 3 is 2.84 bits per heavy atom. The minimum atomic E-state index is -0.773. The fourth-order valence-corrected chi connectivity index (χ4v) is 2.85. The first-order valence-corrected chi connectivity index (χ1v) is 7.20. The Balaban J connectivity index is 2.28. The van der Waals surface area contributed by atoms with Crippen LogP contribution in [0, 0.1) is 6.92 Å². The summed E-state index contributed by atoms with van der Waals surface area (Å²) in [5.41, 5.74) is 3.19. The molecule has 7 heteroatoms. The van der Waals surface area contributed by atoms with Crippen LogP contribution in [0.2, 0.25) is 5.02 Å². The Morgan fingerprint density at radius 2 is 2.26 bits per heavy atom. The summed E-state index contributed by atoms with van der Waals surface area (Å²) in [6.07, 6.45) is 0.802. The molecule has 1 N–H and O–H groups in total. The van der Waals surface area contributed by atoms with Crippen LogP contribution in [0.3, 0.4) is 0 Å². The van der Waals surface area contributed by atoms with E-state index >= 15 is 0 Å². The van der Waals surface area contributed by atoms with Gasteiger partial charge in [0.15, 0.2) is 0 Å². The number of aromatic nitrogens is 3. The number of hydrogen-bond donors (Lipinski definition) is 1. The summed E-state index contributed by atoms with van der Waals surface area (Å²) in [7, 11) is 3.99. The summed E-state index contributed by atoms with van der Waals surface area (Å²) in [5, 5.41) is 15.2. The van der Waals surface area contributed by atoms with E-state index in [1.54, 1.807) is 16.4 Å². The number of aliphatic hydroxyl groups is 1. The zero-order chi connectivity index (χ0) is 14.0. The zero-order valence-corrected chi connectivity index (χ0v) is 12.7. The average Bonchev–Trinajstić information content (AvgIpc) is 2.92. The van der Waals surface area contributed by atoms with Crippen molar-refractivity contribution in [2.45, 2.75) is 19.6 Å². The van der Waals surface area contributed by atoms with E-state index in [2.05, 4.69) is 15.0 Å². The highest BCUT2D eigenvalue weighted by Crippen LogP contribution is 2.31. The summed E-state index contributed by atoms with van der Waals surface area (Å²) < 4.78 is 1.76. The number of rotatable bonds is 5. The van der Waals surface area contributed by atoms with Gasteiger partial charge in [0.25, 0.3) is 0 Å². The minimum Gasteiger partial charge on any atom is -0.381 e. The van der Waals surface area contributed by atoms with Gasteiger partial charge < -0.3 is 10.0 Å². The molecular formula is C12H17ClN4OS. The van der Waals surface area contributed by atoms with E-state index in [1.807, 2.05) is 21.0 Å². The van der Waals surface area contributed by atoms with Gasteiger partial charge >= 0.3 is 0 Å². The number of aryl methyl sites for hydroxylation is 1. The second kappa shape index (κ2) is 6.00. The molecule has 5 nitrogen and oxygen atoms in total. The van der Waals surface area contributed by atoms with E-state index in [0.29, 0.717) is 17.3 Å². The predicted octanol–water partition coefficient (Wildman–Crippen LogP) is 1.94. The maximum absolute atomic E-state index is 10.5. The molecule has 104 valence electrons. The molecule has 0 spiro atoms. The maximum atomic E-state index is 10.5. The van der Waals surface area contributed by atoms with Crippen molar-refractivity contribution in [3.8, 4) is 0 Å². The number of nitrogens with zero attached hydrogens (tertiary/aromatic N) is 4. The van der Waals surface area contributed by atoms with Crippen molar-refractivity contribution in [3.63, 3.8) is 0 Å². The van der Waals surface area contributed by atoms with Crippen molar-refractivity contribution in [2.24, 2.45) is 0 Å². The van der Waals surface area contributed by atoms with Gasteiger partial charge in [0.2, 0.25) is 0 Å². The van der Waals surface area contributed by atoms with Crippen molar-refractivity contribution in [1.29, 1.82) is 0 Å². The van der Waals surface area contributed by atoms with Gasteiger partial charge in [-0.15, -0.1) is 11.3 Å². The second-order valence-corrected chi connectivity index (χ2v) is 5.90. The Hall–Kier alpha value is -0.950. The fraction of sp³-hybridized carbons (Fsp3) is 0.500. The van der Waals surface area contributed by atoms with Crippen LogP contribution in [0.15, 0.2) is 11.7 Å². The number of aliphatic hydroxyl groups excluding tert-OH is 1. The third kappa shape index (κ3) is 3.14. The van der Waals surface area contributed by atoms with Crippen LogP contribution in [0.25, 0.3) is 0 Å². The molecule has 0 radical (unpaired) electrons. The van der Waals surface area contributed by atoms with Crippen molar-refractivity contribution in [3.05, 3.63) is 33.0 Å². The minimum absolute atomic E-state index is 0.485. The van der Waals surface area contributed by atoms with Crippen molar-refractivity contribution < 1.29 is 5.11 Å². The molecule has 2 heterocycles. The molecule has 1 unspecified atom stereocenters. The van der Waals surface area contributed by atoms with Gasteiger partial charge in [-0.3, -0.25) is 4.68 Å². The quantitative estimate of drug-likeness (QED) is 0.917. The van der Waals surface area contributed by atoms with E-state index in [1.165, 1.54) is 11.3 Å². The van der Waals surface area contributed by atoms with Gasteiger partial charge in [-0.05, 0) is 21.0 Å². The fourth-order valence-electron chi connectivity index (χ4n) is 1.81. The highest BCUT2D eigenvalue weighted by Gasteiger charge is 2.22. The van der Waals surface area contributed by atoms with Crippen molar-refractivity contribution in [1.82, 2.24) is 19.7 Å². The predicted molar refractivity (Wildman–Crippen MR) is 76.7 cm³/mol. The standard InChI is InChI=1S/C12H17ClN4OS/c1-8-12(19-7-14-8)11(18)10-9(13)6-15-17(10)5-4-16(2)3/h6-7,11,18H,4-5H2,1-3H3. The van der Waals surface area contributed by atoms with Crippen LogP contribution in [-0.2, 0) is 6.54 Å². The van der Waals surface area contributed by atoms with E-state index in [9.17, 15) is 5.11 Å². The van der Waals surface area contributed by atoms with Crippen LogP contribution < -0.4 is 0 Å².